The molecular formula is C17H25NO2. The van der Waals surface area contributed by atoms with Gasteiger partial charge >= 0.3 is 0 Å². The van der Waals surface area contributed by atoms with Gasteiger partial charge in [-0.3, -0.25) is 0 Å². The van der Waals surface area contributed by atoms with Crippen LogP contribution in [0.5, 0.6) is 11.5 Å². The van der Waals surface area contributed by atoms with E-state index in [0.717, 1.165) is 49.2 Å². The highest BCUT2D eigenvalue weighted by Crippen LogP contribution is 2.39. The molecule has 1 aromatic rings. The third-order valence-electron chi connectivity index (χ3n) is 4.85. The fraction of sp³-hybridized carbons (Fsp3) is 0.647. The third-order valence-corrected chi connectivity index (χ3v) is 4.85. The number of nitrogens with one attached hydrogen (secondary N) is 1. The molecular weight excluding hydrogens is 250 g/mol. The summed E-state index contributed by atoms with van der Waals surface area (Å²) in [4.78, 5) is 0. The summed E-state index contributed by atoms with van der Waals surface area (Å²) in [5.74, 6) is 2.23. The molecule has 0 bridgehead atoms. The number of fused-ring (bicyclic) bond motifs is 1. The molecule has 3 nitrogen and oxygen atoms in total. The summed E-state index contributed by atoms with van der Waals surface area (Å²) >= 11 is 0. The minimum absolute atomic E-state index is 0.555. The van der Waals surface area contributed by atoms with Crippen molar-refractivity contribution in [2.24, 2.45) is 5.92 Å². The van der Waals surface area contributed by atoms with Crippen LogP contribution >= 0.6 is 0 Å². The van der Waals surface area contributed by atoms with Gasteiger partial charge in [0.25, 0.3) is 0 Å². The van der Waals surface area contributed by atoms with Crippen LogP contribution in [0.25, 0.3) is 0 Å². The van der Waals surface area contributed by atoms with E-state index >= 15 is 0 Å². The van der Waals surface area contributed by atoms with Crippen LogP contribution < -0.4 is 10.1 Å². The molecule has 1 fully saturated rings. The summed E-state index contributed by atoms with van der Waals surface area (Å²) < 4.78 is 5.57. The van der Waals surface area contributed by atoms with Gasteiger partial charge in [-0.15, -0.1) is 0 Å². The van der Waals surface area contributed by atoms with Gasteiger partial charge in [-0.25, -0.2) is 0 Å². The molecule has 110 valence electrons. The van der Waals surface area contributed by atoms with E-state index in [1.165, 1.54) is 31.2 Å². The van der Waals surface area contributed by atoms with Gasteiger partial charge < -0.3 is 15.2 Å². The van der Waals surface area contributed by atoms with Crippen LogP contribution in [0.15, 0.2) is 6.07 Å². The molecule has 0 spiro atoms. The topological polar surface area (TPSA) is 41.5 Å². The van der Waals surface area contributed by atoms with E-state index in [2.05, 4.69) is 11.4 Å². The molecule has 1 aromatic carbocycles. The maximum Gasteiger partial charge on any atom is 0.122 e. The number of phenolic OH excluding ortho intramolecular Hbond substituents is 1. The molecule has 0 saturated carbocycles. The molecule has 3 rings (SSSR count). The van der Waals surface area contributed by atoms with Crippen molar-refractivity contribution in [2.45, 2.75) is 44.9 Å². The van der Waals surface area contributed by atoms with Crippen LogP contribution in [0.3, 0.4) is 0 Å². The van der Waals surface area contributed by atoms with E-state index in [0.29, 0.717) is 11.7 Å². The van der Waals surface area contributed by atoms with Crippen molar-refractivity contribution < 1.29 is 9.84 Å². The zero-order valence-electron chi connectivity index (χ0n) is 12.4. The maximum atomic E-state index is 10.6. The summed E-state index contributed by atoms with van der Waals surface area (Å²) in [6.45, 7) is 2.21. The molecule has 1 aliphatic carbocycles. The Hall–Kier alpha value is -1.22. The lowest BCUT2D eigenvalue weighted by molar-refractivity contribution is 0.361. The lowest BCUT2D eigenvalue weighted by Gasteiger charge is -2.26. The first-order chi connectivity index (χ1) is 9.79. The molecule has 20 heavy (non-hydrogen) atoms. The molecule has 1 heterocycles. The Labute approximate surface area is 121 Å². The van der Waals surface area contributed by atoms with Crippen molar-refractivity contribution in [2.75, 3.05) is 20.2 Å². The molecule has 1 aliphatic heterocycles. The van der Waals surface area contributed by atoms with Crippen LogP contribution in [0.4, 0.5) is 0 Å². The Morgan fingerprint density at radius 1 is 1.20 bits per heavy atom. The lowest BCUT2D eigenvalue weighted by atomic mass is 9.84. The van der Waals surface area contributed by atoms with Crippen LogP contribution in [-0.4, -0.2) is 25.3 Å². The number of piperidine rings is 1. The predicted molar refractivity (Wildman–Crippen MR) is 80.6 cm³/mol. The van der Waals surface area contributed by atoms with E-state index in [4.69, 9.17) is 4.74 Å². The Kier molecular flexibility index (Phi) is 4.16. The zero-order chi connectivity index (χ0) is 13.9. The standard InChI is InChI=1S/C17H25NO2/c1-20-16-11-13(10-12-6-8-18-9-7-12)17(19)15-5-3-2-4-14(15)16/h11-12,18-19H,2-10H2,1H3. The van der Waals surface area contributed by atoms with Crippen molar-refractivity contribution >= 4 is 0 Å². The lowest BCUT2D eigenvalue weighted by Crippen LogP contribution is -2.28. The number of hydrogen-bond donors (Lipinski definition) is 2. The smallest absolute Gasteiger partial charge is 0.122 e. The van der Waals surface area contributed by atoms with Crippen molar-refractivity contribution in [1.29, 1.82) is 0 Å². The third kappa shape index (κ3) is 2.64. The van der Waals surface area contributed by atoms with Gasteiger partial charge in [0.1, 0.15) is 11.5 Å². The maximum absolute atomic E-state index is 10.6. The van der Waals surface area contributed by atoms with Crippen LogP contribution in [0.1, 0.15) is 42.4 Å². The molecule has 0 aromatic heterocycles. The summed E-state index contributed by atoms with van der Waals surface area (Å²) in [6.07, 6.45) is 7.82. The van der Waals surface area contributed by atoms with Gasteiger partial charge in [0.05, 0.1) is 7.11 Å². The van der Waals surface area contributed by atoms with Crippen molar-refractivity contribution in [3.63, 3.8) is 0 Å². The molecule has 0 unspecified atom stereocenters. The second kappa shape index (κ2) is 6.04. The molecule has 0 atom stereocenters. The minimum Gasteiger partial charge on any atom is -0.507 e. The highest BCUT2D eigenvalue weighted by Gasteiger charge is 2.23. The van der Waals surface area contributed by atoms with Gasteiger partial charge in [0.2, 0.25) is 0 Å². The van der Waals surface area contributed by atoms with Crippen molar-refractivity contribution in [3.8, 4) is 11.5 Å². The Morgan fingerprint density at radius 3 is 2.60 bits per heavy atom. The Balaban J connectivity index is 1.89. The Bertz CT molecular complexity index is 478. The van der Waals surface area contributed by atoms with Gasteiger partial charge in [-0.2, -0.15) is 0 Å². The van der Waals surface area contributed by atoms with E-state index in [1.807, 2.05) is 0 Å². The van der Waals surface area contributed by atoms with Crippen LogP contribution in [0.2, 0.25) is 0 Å². The predicted octanol–water partition coefficient (Wildman–Crippen LogP) is 2.82. The summed E-state index contributed by atoms with van der Waals surface area (Å²) in [7, 11) is 1.75. The number of benzene rings is 1. The highest BCUT2D eigenvalue weighted by molar-refractivity contribution is 5.54. The van der Waals surface area contributed by atoms with Gasteiger partial charge in [-0.05, 0) is 75.6 Å². The molecule has 0 amide bonds. The number of rotatable bonds is 3. The second-order valence-corrected chi connectivity index (χ2v) is 6.15. The number of ether oxygens (including phenoxy) is 1. The average molecular weight is 275 g/mol. The SMILES string of the molecule is COc1cc(CC2CCNCC2)c(O)c2c1CCCC2. The first-order valence-corrected chi connectivity index (χ1v) is 7.91. The van der Waals surface area contributed by atoms with E-state index in [9.17, 15) is 5.11 Å². The molecule has 2 aliphatic rings. The Morgan fingerprint density at radius 2 is 1.90 bits per heavy atom. The monoisotopic (exact) mass is 275 g/mol. The minimum atomic E-state index is 0.555. The van der Waals surface area contributed by atoms with E-state index < -0.39 is 0 Å². The van der Waals surface area contributed by atoms with Gasteiger partial charge in [-0.1, -0.05) is 0 Å². The number of aromatic hydroxyl groups is 1. The van der Waals surface area contributed by atoms with Gasteiger partial charge in [0, 0.05) is 11.1 Å². The summed E-state index contributed by atoms with van der Waals surface area (Å²) in [5.41, 5.74) is 3.49. The molecule has 1 saturated heterocycles. The quantitative estimate of drug-likeness (QED) is 0.891. The second-order valence-electron chi connectivity index (χ2n) is 6.15. The first-order valence-electron chi connectivity index (χ1n) is 7.91. The zero-order valence-corrected chi connectivity index (χ0v) is 12.4. The van der Waals surface area contributed by atoms with E-state index in [1.54, 1.807) is 7.11 Å². The number of phenols is 1. The fourth-order valence-electron chi connectivity index (χ4n) is 3.68. The molecule has 3 heteroatoms. The van der Waals surface area contributed by atoms with Crippen molar-refractivity contribution in [1.82, 2.24) is 5.32 Å². The molecule has 0 radical (unpaired) electrons. The van der Waals surface area contributed by atoms with Gasteiger partial charge in [0.15, 0.2) is 0 Å². The van der Waals surface area contributed by atoms with Crippen LogP contribution in [0, 0.1) is 5.92 Å². The first kappa shape index (κ1) is 13.7. The summed E-state index contributed by atoms with van der Waals surface area (Å²) in [6, 6.07) is 2.08. The number of methoxy groups -OCH3 is 1. The molecule has 2 N–H and O–H groups in total. The fourth-order valence-corrected chi connectivity index (χ4v) is 3.68. The highest BCUT2D eigenvalue weighted by atomic mass is 16.5. The van der Waals surface area contributed by atoms with E-state index in [-0.39, 0.29) is 0 Å². The average Bonchev–Trinajstić information content (AvgIpc) is 2.51. The normalized spacial score (nSPS) is 19.6. The summed E-state index contributed by atoms with van der Waals surface area (Å²) in [5, 5.41) is 14.0. The van der Waals surface area contributed by atoms with Crippen LogP contribution in [-0.2, 0) is 19.3 Å². The largest absolute Gasteiger partial charge is 0.507 e. The number of hydrogen-bond acceptors (Lipinski definition) is 3. The van der Waals surface area contributed by atoms with Crippen molar-refractivity contribution in [3.05, 3.63) is 22.8 Å².